The van der Waals surface area contributed by atoms with Gasteiger partial charge in [0, 0.05) is 28.7 Å². The molecule has 3 aliphatic rings. The standard InChI is InChI=1S/C32H47F5O3S/c1-30-17-15-26-25-12-11-24(38)21-23(25)20-22(29(26)27(30)13-14-28(30)39)10-7-5-3-2-4-6-8-18-41(40)19-9-16-31(33,34)32(35,36)37/h11-12,21-22,26-29,38-39H,2-10,13-20H2,1H3/t22-,26?,27+,28?,29?,30+,41?/m1/s1/i39D/hD. The highest BCUT2D eigenvalue weighted by molar-refractivity contribution is 7.84. The fraction of sp³-hybridized carbons (Fsp3) is 0.812. The quantitative estimate of drug-likeness (QED) is 0.146. The Balaban J connectivity index is 1.18. The Morgan fingerprint density at radius 1 is 0.976 bits per heavy atom. The molecule has 9 heteroatoms. The summed E-state index contributed by atoms with van der Waals surface area (Å²) in [6, 6.07) is 6.14. The van der Waals surface area contributed by atoms with Crippen molar-refractivity contribution in [3.63, 3.8) is 0 Å². The van der Waals surface area contributed by atoms with Crippen LogP contribution in [0.5, 0.6) is 5.75 Å². The lowest BCUT2D eigenvalue weighted by molar-refractivity contribution is -0.284. The van der Waals surface area contributed by atoms with Crippen molar-refractivity contribution in [3.05, 3.63) is 29.3 Å². The first-order valence-electron chi connectivity index (χ1n) is 16.4. The topological polar surface area (TPSA) is 57.5 Å². The molecule has 1 aromatic rings. The lowest BCUT2D eigenvalue weighted by Gasteiger charge is -2.53. The van der Waals surface area contributed by atoms with Gasteiger partial charge in [0.25, 0.3) is 1.43 Å². The summed E-state index contributed by atoms with van der Waals surface area (Å²) < 4.78 is 89.7. The second-order valence-electron chi connectivity index (χ2n) is 13.1. The van der Waals surface area contributed by atoms with Gasteiger partial charge < -0.3 is 10.2 Å². The van der Waals surface area contributed by atoms with E-state index in [-0.39, 0.29) is 17.3 Å². The molecule has 4 unspecified atom stereocenters. The van der Waals surface area contributed by atoms with Gasteiger partial charge in [0.2, 0.25) is 1.43 Å². The van der Waals surface area contributed by atoms with Crippen molar-refractivity contribution in [1.82, 2.24) is 0 Å². The van der Waals surface area contributed by atoms with Gasteiger partial charge in [-0.1, -0.05) is 51.5 Å². The van der Waals surface area contributed by atoms with Gasteiger partial charge in [0.05, 0.1) is 6.10 Å². The fourth-order valence-corrected chi connectivity index (χ4v) is 9.45. The number of rotatable bonds is 16. The molecule has 2 N–H and O–H groups in total. The SMILES string of the molecule is [2H]Oc1ccc2c(c1)C[C@@H](CCCCCCCCCS(=O)CCCC(F)(F)C(F)(F)F)C1C2CC[C@]2(C)C(O[2H])CC[C@@H]12. The lowest BCUT2D eigenvalue weighted by Crippen LogP contribution is -2.47. The van der Waals surface area contributed by atoms with Crippen LogP contribution in [0.1, 0.15) is 114 Å². The molecule has 0 aromatic heterocycles. The van der Waals surface area contributed by atoms with E-state index >= 15 is 0 Å². The molecule has 2 saturated carbocycles. The van der Waals surface area contributed by atoms with Gasteiger partial charge in [-0.2, -0.15) is 22.0 Å². The number of halogens is 5. The maximum Gasteiger partial charge on any atom is 0.453 e. The molecule has 41 heavy (non-hydrogen) atoms. The number of fused-ring (bicyclic) bond motifs is 5. The van der Waals surface area contributed by atoms with Crippen LogP contribution in [-0.2, 0) is 17.2 Å². The predicted octanol–water partition coefficient (Wildman–Crippen LogP) is 8.68. The van der Waals surface area contributed by atoms with Gasteiger partial charge in [0.15, 0.2) is 0 Å². The largest absolute Gasteiger partial charge is 0.508 e. The molecule has 234 valence electrons. The van der Waals surface area contributed by atoms with Crippen molar-refractivity contribution in [3.8, 4) is 5.75 Å². The van der Waals surface area contributed by atoms with Crippen molar-refractivity contribution in [2.75, 3.05) is 11.5 Å². The number of aliphatic hydroxyl groups is 1. The average molecular weight is 609 g/mol. The van der Waals surface area contributed by atoms with Crippen LogP contribution in [0, 0.1) is 23.2 Å². The summed E-state index contributed by atoms with van der Waals surface area (Å²) in [4.78, 5) is 0. The number of benzene rings is 1. The van der Waals surface area contributed by atoms with Crippen molar-refractivity contribution >= 4 is 10.8 Å². The molecule has 2 fully saturated rings. The normalized spacial score (nSPS) is 31.0. The van der Waals surface area contributed by atoms with Gasteiger partial charge in [-0.3, -0.25) is 4.21 Å². The first-order valence-corrected chi connectivity index (χ1v) is 17.1. The monoisotopic (exact) mass is 608 g/mol. The zero-order valence-electron chi connectivity index (χ0n) is 26.2. The van der Waals surface area contributed by atoms with Crippen molar-refractivity contribution in [2.45, 2.75) is 127 Å². The van der Waals surface area contributed by atoms with Crippen LogP contribution in [-0.4, -0.2) is 47.0 Å². The summed E-state index contributed by atoms with van der Waals surface area (Å²) in [5.41, 5.74) is 2.79. The minimum absolute atomic E-state index is 0.0103. The Labute approximate surface area is 247 Å². The van der Waals surface area contributed by atoms with E-state index in [1.807, 2.05) is 6.07 Å². The Bertz CT molecular complexity index is 1070. The minimum atomic E-state index is -5.55. The van der Waals surface area contributed by atoms with Crippen LogP contribution in [0.15, 0.2) is 18.2 Å². The maximum absolute atomic E-state index is 13.0. The molecular formula is C32H47F5O3S. The van der Waals surface area contributed by atoms with Gasteiger partial charge in [-0.15, -0.1) is 0 Å². The average Bonchev–Trinajstić information content (AvgIpc) is 3.31. The second-order valence-corrected chi connectivity index (χ2v) is 14.8. The summed E-state index contributed by atoms with van der Waals surface area (Å²) in [6.45, 7) is 2.34. The van der Waals surface area contributed by atoms with Crippen LogP contribution in [0.3, 0.4) is 0 Å². The van der Waals surface area contributed by atoms with Crippen LogP contribution >= 0.6 is 0 Å². The van der Waals surface area contributed by atoms with E-state index in [0.717, 1.165) is 77.0 Å². The number of hydrogen-bond donors (Lipinski definition) is 2. The van der Waals surface area contributed by atoms with Gasteiger partial charge in [-0.05, 0) is 104 Å². The molecule has 0 bridgehead atoms. The molecule has 3 nitrogen and oxygen atoms in total. The zero-order valence-corrected chi connectivity index (χ0v) is 25.0. The smallest absolute Gasteiger partial charge is 0.453 e. The van der Waals surface area contributed by atoms with E-state index in [1.54, 1.807) is 0 Å². The van der Waals surface area contributed by atoms with E-state index in [2.05, 4.69) is 19.1 Å². The van der Waals surface area contributed by atoms with Crippen LogP contribution < -0.4 is 0 Å². The van der Waals surface area contributed by atoms with Crippen LogP contribution in [0.25, 0.3) is 0 Å². The van der Waals surface area contributed by atoms with Crippen molar-refractivity contribution in [1.29, 1.82) is 2.86 Å². The third-order valence-corrected chi connectivity index (χ3v) is 12.0. The lowest BCUT2D eigenvalue weighted by atomic mass is 9.52. The molecular weight excluding hydrogens is 559 g/mol. The Hall–Kier alpha value is -1.22. The van der Waals surface area contributed by atoms with Crippen molar-refractivity contribution in [2.24, 2.45) is 23.2 Å². The third-order valence-electron chi connectivity index (χ3n) is 10.5. The Kier molecular flexibility index (Phi) is 9.90. The second kappa shape index (κ2) is 13.6. The predicted molar refractivity (Wildman–Crippen MR) is 153 cm³/mol. The molecule has 0 heterocycles. The first-order chi connectivity index (χ1) is 20.4. The van der Waals surface area contributed by atoms with Crippen LogP contribution in [0.4, 0.5) is 22.0 Å². The van der Waals surface area contributed by atoms with E-state index < -0.39 is 35.7 Å². The van der Waals surface area contributed by atoms with Gasteiger partial charge >= 0.3 is 12.1 Å². The van der Waals surface area contributed by atoms with Gasteiger partial charge in [-0.25, -0.2) is 0 Å². The Morgan fingerprint density at radius 3 is 2.39 bits per heavy atom. The van der Waals surface area contributed by atoms with E-state index in [1.165, 1.54) is 11.1 Å². The summed E-state index contributed by atoms with van der Waals surface area (Å²) in [5, 5.41) is 10.0. The number of phenols is 1. The minimum Gasteiger partial charge on any atom is -0.508 e. The number of aliphatic hydroxyl groups excluding tert-OH is 1. The molecule has 4 rings (SSSR count). The van der Waals surface area contributed by atoms with Gasteiger partial charge in [0.1, 0.15) is 5.75 Å². The number of phenolic OH excluding ortho intramolecular Hbond substituents is 1. The molecule has 1 aromatic carbocycles. The molecule has 7 atom stereocenters. The van der Waals surface area contributed by atoms with E-state index in [4.69, 9.17) is 13.1 Å². The van der Waals surface area contributed by atoms with E-state index in [0.29, 0.717) is 41.6 Å². The Morgan fingerprint density at radius 2 is 1.68 bits per heavy atom. The highest BCUT2D eigenvalue weighted by atomic mass is 32.2. The molecule has 0 amide bonds. The molecule has 0 aliphatic heterocycles. The molecule has 0 radical (unpaired) electrons. The summed E-state index contributed by atoms with van der Waals surface area (Å²) >= 11 is 0. The number of aromatic hydroxyl groups is 1. The maximum atomic E-state index is 13.0. The summed E-state index contributed by atoms with van der Waals surface area (Å²) in [5.74, 6) is -1.70. The van der Waals surface area contributed by atoms with E-state index in [9.17, 15) is 26.2 Å². The summed E-state index contributed by atoms with van der Waals surface area (Å²) in [7, 11) is -1.36. The number of hydrogen-bond acceptors (Lipinski definition) is 3. The first kappa shape index (κ1) is 29.8. The molecule has 3 aliphatic carbocycles. The zero-order chi connectivity index (χ0) is 31.3. The highest BCUT2D eigenvalue weighted by Crippen LogP contribution is 2.62. The van der Waals surface area contributed by atoms with Crippen molar-refractivity contribution < 1.29 is 36.4 Å². The fourth-order valence-electron chi connectivity index (χ4n) is 8.25. The third kappa shape index (κ3) is 7.66. The molecule has 0 saturated heterocycles. The highest BCUT2D eigenvalue weighted by Gasteiger charge is 2.57. The summed E-state index contributed by atoms with van der Waals surface area (Å²) in [6.07, 6.45) is 6.19. The number of unbranched alkanes of at least 4 members (excludes halogenated alkanes) is 6. The molecule has 0 spiro atoms. The van der Waals surface area contributed by atoms with Crippen LogP contribution in [0.2, 0.25) is 0 Å². The number of alkyl halides is 5.